The fourth-order valence-corrected chi connectivity index (χ4v) is 4.06. The van der Waals surface area contributed by atoms with Crippen molar-refractivity contribution in [1.29, 1.82) is 0 Å². The number of piperidine rings is 1. The van der Waals surface area contributed by atoms with E-state index in [9.17, 15) is 5.11 Å². The van der Waals surface area contributed by atoms with Crippen molar-refractivity contribution in [1.82, 2.24) is 20.0 Å². The maximum absolute atomic E-state index is 10.3. The van der Waals surface area contributed by atoms with Crippen molar-refractivity contribution < 1.29 is 5.11 Å². The number of hydrogen-bond donors (Lipinski definition) is 1. The number of aliphatic hydroxyl groups is 1. The topological polar surface area (TPSA) is 67.1 Å². The van der Waals surface area contributed by atoms with Gasteiger partial charge in [-0.15, -0.1) is 10.2 Å². The van der Waals surface area contributed by atoms with Crippen LogP contribution >= 0.6 is 0 Å². The Hall–Kier alpha value is -1.95. The molecule has 0 amide bonds. The molecule has 2 aromatic heterocycles. The zero-order valence-corrected chi connectivity index (χ0v) is 13.7. The van der Waals surface area contributed by atoms with Gasteiger partial charge in [-0.1, -0.05) is 6.42 Å². The van der Waals surface area contributed by atoms with Crippen molar-refractivity contribution in [3.63, 3.8) is 0 Å². The van der Waals surface area contributed by atoms with Crippen LogP contribution in [0.15, 0.2) is 18.2 Å². The van der Waals surface area contributed by atoms with Gasteiger partial charge < -0.3 is 10.0 Å². The minimum atomic E-state index is -0.137. The highest BCUT2D eigenvalue weighted by molar-refractivity contribution is 5.41. The summed E-state index contributed by atoms with van der Waals surface area (Å²) in [6, 6.07) is 6.03. The van der Waals surface area contributed by atoms with E-state index >= 15 is 0 Å². The van der Waals surface area contributed by atoms with Crippen molar-refractivity contribution in [2.75, 3.05) is 18.0 Å². The molecule has 6 heteroatoms. The molecule has 2 aliphatic rings. The molecule has 2 aromatic rings. The maximum atomic E-state index is 10.3. The van der Waals surface area contributed by atoms with Gasteiger partial charge in [0.05, 0.1) is 11.8 Å². The molecular formula is C17H23N5O. The first-order valence-corrected chi connectivity index (χ1v) is 8.42. The van der Waals surface area contributed by atoms with Crippen LogP contribution in [0.2, 0.25) is 0 Å². The number of aromatic nitrogens is 4. The molecule has 3 heterocycles. The Morgan fingerprint density at radius 1 is 1.04 bits per heavy atom. The van der Waals surface area contributed by atoms with Crippen LogP contribution in [0.5, 0.6) is 0 Å². The average Bonchev–Trinajstić information content (AvgIpc) is 2.86. The van der Waals surface area contributed by atoms with Crippen molar-refractivity contribution in [2.24, 2.45) is 11.8 Å². The van der Waals surface area contributed by atoms with E-state index in [0.29, 0.717) is 11.8 Å². The van der Waals surface area contributed by atoms with E-state index in [-0.39, 0.29) is 6.10 Å². The third-order valence-electron chi connectivity index (χ3n) is 5.21. The van der Waals surface area contributed by atoms with E-state index in [2.05, 4.69) is 20.2 Å². The minimum absolute atomic E-state index is 0.137. The van der Waals surface area contributed by atoms with E-state index in [1.54, 1.807) is 0 Å². The molecule has 2 bridgehead atoms. The first-order valence-electron chi connectivity index (χ1n) is 8.42. The van der Waals surface area contributed by atoms with E-state index in [1.165, 1.54) is 6.42 Å². The highest BCUT2D eigenvalue weighted by Crippen LogP contribution is 2.36. The molecule has 122 valence electrons. The molecule has 2 fully saturated rings. The standard InChI is InChI=1S/C17H23N5O/c1-11-8-12(2)22(20-11)16-7-6-15(18-19-16)21-9-13-4-3-5-14(10-21)17(13)23/h6-8,13-14,17,23H,3-5,9-10H2,1-2H3/t13-,14+,17?. The van der Waals surface area contributed by atoms with Gasteiger partial charge in [0.15, 0.2) is 11.6 Å². The van der Waals surface area contributed by atoms with Gasteiger partial charge in [0.2, 0.25) is 0 Å². The molecule has 3 atom stereocenters. The van der Waals surface area contributed by atoms with Crippen LogP contribution in [-0.4, -0.2) is 44.3 Å². The smallest absolute Gasteiger partial charge is 0.176 e. The zero-order chi connectivity index (χ0) is 16.0. The van der Waals surface area contributed by atoms with Crippen LogP contribution in [0.1, 0.15) is 30.7 Å². The summed E-state index contributed by atoms with van der Waals surface area (Å²) in [5, 5.41) is 23.5. The Bertz CT molecular complexity index is 682. The van der Waals surface area contributed by atoms with Gasteiger partial charge in [-0.2, -0.15) is 5.10 Å². The summed E-state index contributed by atoms with van der Waals surface area (Å²) in [4.78, 5) is 2.28. The Balaban J connectivity index is 1.56. The second-order valence-electron chi connectivity index (χ2n) is 6.94. The first kappa shape index (κ1) is 14.6. The molecule has 6 nitrogen and oxygen atoms in total. The molecular weight excluding hydrogens is 290 g/mol. The summed E-state index contributed by atoms with van der Waals surface area (Å²) >= 11 is 0. The SMILES string of the molecule is Cc1cc(C)n(-c2ccc(N3C[C@H]4CCC[C@@H](C3)C4O)nn2)n1. The fourth-order valence-electron chi connectivity index (χ4n) is 4.06. The van der Waals surface area contributed by atoms with E-state index in [4.69, 9.17) is 0 Å². The predicted octanol–water partition coefficient (Wildman–Crippen LogP) is 1.88. The van der Waals surface area contributed by atoms with Gasteiger partial charge in [0.25, 0.3) is 0 Å². The van der Waals surface area contributed by atoms with Gasteiger partial charge in [-0.3, -0.25) is 0 Å². The number of nitrogens with zero attached hydrogens (tertiary/aromatic N) is 5. The third kappa shape index (κ3) is 2.61. The molecule has 1 saturated carbocycles. The molecule has 1 aliphatic carbocycles. The number of fused-ring (bicyclic) bond motifs is 2. The van der Waals surface area contributed by atoms with Gasteiger partial charge in [-0.05, 0) is 44.9 Å². The molecule has 1 aliphatic heterocycles. The van der Waals surface area contributed by atoms with Crippen LogP contribution in [0, 0.1) is 25.7 Å². The fraction of sp³-hybridized carbons (Fsp3) is 0.588. The van der Waals surface area contributed by atoms with Gasteiger partial charge in [-0.25, -0.2) is 4.68 Å². The van der Waals surface area contributed by atoms with Gasteiger partial charge >= 0.3 is 0 Å². The second kappa shape index (κ2) is 5.60. The average molecular weight is 313 g/mol. The Kier molecular flexibility index (Phi) is 3.56. The number of rotatable bonds is 2. The number of aryl methyl sites for hydroxylation is 2. The van der Waals surface area contributed by atoms with Gasteiger partial charge in [0, 0.05) is 30.6 Å². The predicted molar refractivity (Wildman–Crippen MR) is 87.7 cm³/mol. The van der Waals surface area contributed by atoms with E-state index < -0.39 is 0 Å². The highest BCUT2D eigenvalue weighted by Gasteiger charge is 2.38. The van der Waals surface area contributed by atoms with Crippen molar-refractivity contribution >= 4 is 5.82 Å². The third-order valence-corrected chi connectivity index (χ3v) is 5.21. The lowest BCUT2D eigenvalue weighted by Crippen LogP contribution is -2.51. The molecule has 0 radical (unpaired) electrons. The summed E-state index contributed by atoms with van der Waals surface area (Å²) in [5.74, 6) is 2.40. The Labute approximate surface area is 136 Å². The summed E-state index contributed by atoms with van der Waals surface area (Å²) in [6.45, 7) is 5.75. The summed E-state index contributed by atoms with van der Waals surface area (Å²) in [5.41, 5.74) is 2.03. The molecule has 1 unspecified atom stereocenters. The zero-order valence-electron chi connectivity index (χ0n) is 13.7. The van der Waals surface area contributed by atoms with Gasteiger partial charge in [0.1, 0.15) is 0 Å². The van der Waals surface area contributed by atoms with Crippen LogP contribution in [0.3, 0.4) is 0 Å². The quantitative estimate of drug-likeness (QED) is 0.917. The minimum Gasteiger partial charge on any atom is -0.392 e. The summed E-state index contributed by atoms with van der Waals surface area (Å²) < 4.78 is 1.82. The number of aliphatic hydroxyl groups excluding tert-OH is 1. The van der Waals surface area contributed by atoms with E-state index in [1.807, 2.05) is 36.7 Å². The molecule has 23 heavy (non-hydrogen) atoms. The van der Waals surface area contributed by atoms with Crippen LogP contribution in [-0.2, 0) is 0 Å². The Morgan fingerprint density at radius 3 is 2.26 bits per heavy atom. The second-order valence-corrected chi connectivity index (χ2v) is 6.94. The monoisotopic (exact) mass is 313 g/mol. The van der Waals surface area contributed by atoms with Crippen molar-refractivity contribution in [3.8, 4) is 5.82 Å². The largest absolute Gasteiger partial charge is 0.392 e. The lowest BCUT2D eigenvalue weighted by Gasteiger charge is -2.45. The molecule has 1 saturated heterocycles. The lowest BCUT2D eigenvalue weighted by atomic mass is 9.75. The number of hydrogen-bond acceptors (Lipinski definition) is 5. The molecule has 1 N–H and O–H groups in total. The lowest BCUT2D eigenvalue weighted by molar-refractivity contribution is 0.00576. The van der Waals surface area contributed by atoms with Crippen LogP contribution < -0.4 is 4.90 Å². The maximum Gasteiger partial charge on any atom is 0.176 e. The molecule has 0 aromatic carbocycles. The molecule has 4 rings (SSSR count). The molecule has 0 spiro atoms. The first-order chi connectivity index (χ1) is 11.1. The van der Waals surface area contributed by atoms with E-state index in [0.717, 1.165) is 49.0 Å². The highest BCUT2D eigenvalue weighted by atomic mass is 16.3. The van der Waals surface area contributed by atoms with Crippen LogP contribution in [0.4, 0.5) is 5.82 Å². The Morgan fingerprint density at radius 2 is 1.70 bits per heavy atom. The summed E-state index contributed by atoms with van der Waals surface area (Å²) in [6.07, 6.45) is 3.33. The van der Waals surface area contributed by atoms with Crippen molar-refractivity contribution in [3.05, 3.63) is 29.6 Å². The normalized spacial score (nSPS) is 27.3. The number of anilines is 1. The van der Waals surface area contributed by atoms with Crippen LogP contribution in [0.25, 0.3) is 5.82 Å². The van der Waals surface area contributed by atoms with Crippen molar-refractivity contribution in [2.45, 2.75) is 39.2 Å². The summed E-state index contributed by atoms with van der Waals surface area (Å²) in [7, 11) is 0.